The second-order valence-electron chi connectivity index (χ2n) is 16.3. The van der Waals surface area contributed by atoms with E-state index in [4.69, 9.17) is 0 Å². The summed E-state index contributed by atoms with van der Waals surface area (Å²) in [5.74, 6) is 0. The molecular formula is C47H87KO3S. The number of unbranched alkanes of at least 4 members (excludes halogenated alkanes) is 38. The topological polar surface area (TPSA) is 57.2 Å². The average molecular weight is 771 g/mol. The van der Waals surface area contributed by atoms with E-state index in [0.717, 1.165) is 18.4 Å². The van der Waals surface area contributed by atoms with Crippen LogP contribution in [-0.4, -0.2) is 13.0 Å². The molecule has 0 fully saturated rings. The smallest absolute Gasteiger partial charge is 0.744 e. The van der Waals surface area contributed by atoms with Crippen molar-refractivity contribution in [3.05, 3.63) is 29.8 Å². The van der Waals surface area contributed by atoms with Crippen molar-refractivity contribution in [2.75, 3.05) is 0 Å². The van der Waals surface area contributed by atoms with E-state index < -0.39 is 10.1 Å². The van der Waals surface area contributed by atoms with Crippen molar-refractivity contribution in [1.82, 2.24) is 0 Å². The standard InChI is InChI=1S/C47H88O3S.K/c1-2-3-4-5-6-7-8-9-10-11-12-13-14-15-16-17-18-19-20-21-22-23-24-25-26-27-28-29-30-31-32-33-34-35-36-37-38-39-40-41-46-42-44-47(45-43-46)51(48,49)50;/h42-45H,2-41H2,1H3,(H,48,49,50);/q;+1/p-1. The molecule has 0 bridgehead atoms. The van der Waals surface area contributed by atoms with Gasteiger partial charge in [0.25, 0.3) is 0 Å². The van der Waals surface area contributed by atoms with E-state index in [9.17, 15) is 13.0 Å². The van der Waals surface area contributed by atoms with Gasteiger partial charge < -0.3 is 4.55 Å². The van der Waals surface area contributed by atoms with Gasteiger partial charge in [0.05, 0.1) is 4.90 Å². The predicted octanol–water partition coefficient (Wildman–Crippen LogP) is 13.4. The van der Waals surface area contributed by atoms with Crippen LogP contribution in [0.25, 0.3) is 0 Å². The third kappa shape index (κ3) is 37.7. The summed E-state index contributed by atoms with van der Waals surface area (Å²) in [5, 5.41) is 0. The Labute approximate surface area is 369 Å². The maximum Gasteiger partial charge on any atom is 1.00 e. The van der Waals surface area contributed by atoms with Crippen LogP contribution in [0.5, 0.6) is 0 Å². The molecule has 0 heterocycles. The van der Waals surface area contributed by atoms with Gasteiger partial charge in [-0.05, 0) is 30.5 Å². The Bertz CT molecular complexity index is 932. The zero-order chi connectivity index (χ0) is 36.8. The summed E-state index contributed by atoms with van der Waals surface area (Å²) in [4.78, 5) is -0.131. The van der Waals surface area contributed by atoms with Crippen LogP contribution in [0.2, 0.25) is 0 Å². The molecule has 1 aromatic rings. The van der Waals surface area contributed by atoms with Crippen molar-refractivity contribution < 1.29 is 64.4 Å². The predicted molar refractivity (Wildman–Crippen MR) is 224 cm³/mol. The molecule has 1 aromatic carbocycles. The molecule has 0 aliphatic heterocycles. The third-order valence-corrected chi connectivity index (χ3v) is 12.1. The molecule has 5 heteroatoms. The quantitative estimate of drug-likeness (QED) is 0.0378. The largest absolute Gasteiger partial charge is 1.00 e. The normalized spacial score (nSPS) is 11.7. The summed E-state index contributed by atoms with van der Waals surface area (Å²) in [7, 11) is -4.33. The summed E-state index contributed by atoms with van der Waals surface area (Å²) in [6.07, 6.45) is 56.8. The van der Waals surface area contributed by atoms with Gasteiger partial charge in [-0.3, -0.25) is 0 Å². The number of benzene rings is 1. The molecule has 0 aliphatic rings. The molecule has 0 N–H and O–H groups in total. The Hall–Kier alpha value is 0.766. The minimum absolute atomic E-state index is 0. The van der Waals surface area contributed by atoms with Gasteiger partial charge in [-0.15, -0.1) is 0 Å². The summed E-state index contributed by atoms with van der Waals surface area (Å²) in [6.45, 7) is 2.30. The molecule has 1 rings (SSSR count). The summed E-state index contributed by atoms with van der Waals surface area (Å²) >= 11 is 0. The first kappa shape index (κ1) is 52.8. The molecule has 0 saturated heterocycles. The molecule has 0 saturated carbocycles. The second kappa shape index (κ2) is 41.4. The molecule has 0 spiro atoms. The van der Waals surface area contributed by atoms with Crippen molar-refractivity contribution in [2.45, 2.75) is 269 Å². The summed E-state index contributed by atoms with van der Waals surface area (Å²) < 4.78 is 33.0. The third-order valence-electron chi connectivity index (χ3n) is 11.3. The van der Waals surface area contributed by atoms with Crippen molar-refractivity contribution >= 4 is 10.1 Å². The van der Waals surface area contributed by atoms with Crippen molar-refractivity contribution in [2.24, 2.45) is 0 Å². The molecule has 0 unspecified atom stereocenters. The number of hydrogen-bond donors (Lipinski definition) is 0. The van der Waals surface area contributed by atoms with Crippen molar-refractivity contribution in [3.63, 3.8) is 0 Å². The van der Waals surface area contributed by atoms with Crippen molar-refractivity contribution in [3.8, 4) is 0 Å². The zero-order valence-electron chi connectivity index (χ0n) is 35.2. The molecule has 52 heavy (non-hydrogen) atoms. The molecule has 3 nitrogen and oxygen atoms in total. The molecule has 0 amide bonds. The molecule has 0 radical (unpaired) electrons. The Kier molecular flexibility index (Phi) is 42.0. The van der Waals surface area contributed by atoms with E-state index in [0.29, 0.717) is 0 Å². The molecule has 0 aliphatic carbocycles. The van der Waals surface area contributed by atoms with Crippen LogP contribution in [-0.2, 0) is 16.5 Å². The Morgan fingerprint density at radius 1 is 0.346 bits per heavy atom. The first-order valence-electron chi connectivity index (χ1n) is 23.1. The van der Waals surface area contributed by atoms with Crippen LogP contribution in [0.3, 0.4) is 0 Å². The maximum atomic E-state index is 11.0. The van der Waals surface area contributed by atoms with Gasteiger partial charge in [0.2, 0.25) is 0 Å². The fourth-order valence-corrected chi connectivity index (χ4v) is 8.24. The van der Waals surface area contributed by atoms with Crippen LogP contribution in [0, 0.1) is 0 Å². The first-order valence-corrected chi connectivity index (χ1v) is 24.5. The minimum Gasteiger partial charge on any atom is -0.744 e. The van der Waals surface area contributed by atoms with Gasteiger partial charge in [-0.2, -0.15) is 0 Å². The van der Waals surface area contributed by atoms with E-state index in [2.05, 4.69) is 6.92 Å². The van der Waals surface area contributed by atoms with E-state index >= 15 is 0 Å². The Morgan fingerprint density at radius 3 is 0.731 bits per heavy atom. The van der Waals surface area contributed by atoms with Crippen molar-refractivity contribution in [1.29, 1.82) is 0 Å². The minimum atomic E-state index is -4.33. The van der Waals surface area contributed by atoms with E-state index in [1.807, 2.05) is 0 Å². The monoisotopic (exact) mass is 771 g/mol. The Morgan fingerprint density at radius 2 is 0.538 bits per heavy atom. The van der Waals surface area contributed by atoms with Crippen LogP contribution < -0.4 is 51.4 Å². The van der Waals surface area contributed by atoms with Gasteiger partial charge in [0.1, 0.15) is 10.1 Å². The van der Waals surface area contributed by atoms with Gasteiger partial charge in [-0.1, -0.05) is 263 Å². The van der Waals surface area contributed by atoms with Crippen LogP contribution in [0.4, 0.5) is 0 Å². The molecular weight excluding hydrogens is 684 g/mol. The Balaban J connectivity index is 0.0000260. The van der Waals surface area contributed by atoms with E-state index in [1.54, 1.807) is 12.1 Å². The van der Waals surface area contributed by atoms with Gasteiger partial charge >= 0.3 is 51.4 Å². The maximum absolute atomic E-state index is 11.0. The first-order chi connectivity index (χ1) is 25.0. The van der Waals surface area contributed by atoms with Gasteiger partial charge in [0.15, 0.2) is 0 Å². The average Bonchev–Trinajstić information content (AvgIpc) is 3.12. The molecule has 0 aromatic heterocycles. The molecule has 0 atom stereocenters. The SMILES string of the molecule is CCCCCCCCCCCCCCCCCCCCCCCCCCCCCCCCCCCCCCCCCc1ccc(S(=O)(=O)[O-])cc1.[K+]. The van der Waals surface area contributed by atoms with E-state index in [-0.39, 0.29) is 56.3 Å². The van der Waals surface area contributed by atoms with E-state index in [1.165, 1.54) is 256 Å². The van der Waals surface area contributed by atoms with Crippen LogP contribution >= 0.6 is 0 Å². The molecule has 300 valence electrons. The van der Waals surface area contributed by atoms with Crippen LogP contribution in [0.1, 0.15) is 263 Å². The second-order valence-corrected chi connectivity index (χ2v) is 17.7. The summed E-state index contributed by atoms with van der Waals surface area (Å²) in [5.41, 5.74) is 1.11. The fourth-order valence-electron chi connectivity index (χ4n) is 7.77. The van der Waals surface area contributed by atoms with Gasteiger partial charge in [-0.25, -0.2) is 8.42 Å². The number of hydrogen-bond acceptors (Lipinski definition) is 3. The zero-order valence-corrected chi connectivity index (χ0v) is 39.2. The number of rotatable bonds is 41. The summed E-state index contributed by atoms with van der Waals surface area (Å²) in [6, 6.07) is 6.41. The fraction of sp³-hybridized carbons (Fsp3) is 0.872. The van der Waals surface area contributed by atoms with Gasteiger partial charge in [0, 0.05) is 0 Å². The van der Waals surface area contributed by atoms with Crippen LogP contribution in [0.15, 0.2) is 29.2 Å². The number of aryl methyl sites for hydroxylation is 1.